The predicted molar refractivity (Wildman–Crippen MR) is 137 cm³/mol. The number of benzene rings is 2. The second-order valence-electron chi connectivity index (χ2n) is 9.12. The molecule has 3 heterocycles. The number of nitrogens with one attached hydrogen (secondary N) is 1. The van der Waals surface area contributed by atoms with E-state index in [1.54, 1.807) is 18.2 Å². The Bertz CT molecular complexity index is 1260. The first-order valence-electron chi connectivity index (χ1n) is 11.6. The number of carbonyl (C=O) groups excluding carboxylic acids is 2. The van der Waals surface area contributed by atoms with Crippen molar-refractivity contribution in [2.75, 3.05) is 25.0 Å². The molecular formula is C26H26Cl2N4O3. The van der Waals surface area contributed by atoms with Gasteiger partial charge < -0.3 is 15.3 Å². The van der Waals surface area contributed by atoms with Crippen LogP contribution >= 0.6 is 23.2 Å². The topological polar surface area (TPSA) is 85.2 Å². The highest BCUT2D eigenvalue weighted by molar-refractivity contribution is 6.31. The number of hydrogen-bond donors (Lipinski definition) is 2. The SMILES string of the molecule is C=C(CC)[C@H]1N2CC(=O)N(CCO)N=C2C[C@@H](c2cccc(Cl)c2)[C@]12C(=O)Nc1cc(Cl)ccc12. The summed E-state index contributed by atoms with van der Waals surface area (Å²) in [4.78, 5) is 29.0. The highest BCUT2D eigenvalue weighted by Gasteiger charge is 2.63. The Morgan fingerprint density at radius 1 is 1.23 bits per heavy atom. The van der Waals surface area contributed by atoms with Gasteiger partial charge >= 0.3 is 0 Å². The van der Waals surface area contributed by atoms with Gasteiger partial charge in [0.05, 0.1) is 19.2 Å². The number of aliphatic hydroxyl groups excluding tert-OH is 1. The predicted octanol–water partition coefficient (Wildman–Crippen LogP) is 4.16. The van der Waals surface area contributed by atoms with E-state index in [0.29, 0.717) is 34.4 Å². The molecule has 1 fully saturated rings. The minimum Gasteiger partial charge on any atom is -0.394 e. The molecule has 2 amide bonds. The van der Waals surface area contributed by atoms with Gasteiger partial charge in [0.15, 0.2) is 0 Å². The molecule has 7 nitrogen and oxygen atoms in total. The zero-order chi connectivity index (χ0) is 24.9. The molecule has 9 heteroatoms. The fourth-order valence-corrected chi connectivity index (χ4v) is 6.18. The molecule has 3 aliphatic heterocycles. The summed E-state index contributed by atoms with van der Waals surface area (Å²) in [5.74, 6) is -0.0500. The highest BCUT2D eigenvalue weighted by atomic mass is 35.5. The van der Waals surface area contributed by atoms with Gasteiger partial charge in [0.25, 0.3) is 5.91 Å². The molecule has 0 radical (unpaired) electrons. The summed E-state index contributed by atoms with van der Waals surface area (Å²) in [6.45, 7) is 6.33. The fourth-order valence-electron chi connectivity index (χ4n) is 5.80. The lowest BCUT2D eigenvalue weighted by molar-refractivity contribution is -0.136. The minimum atomic E-state index is -1.07. The van der Waals surface area contributed by atoms with E-state index in [1.165, 1.54) is 5.01 Å². The van der Waals surface area contributed by atoms with Crippen molar-refractivity contribution in [2.45, 2.75) is 37.1 Å². The Kier molecular flexibility index (Phi) is 6.11. The van der Waals surface area contributed by atoms with E-state index >= 15 is 0 Å². The van der Waals surface area contributed by atoms with E-state index in [-0.39, 0.29) is 37.4 Å². The van der Waals surface area contributed by atoms with Crippen LogP contribution in [0.3, 0.4) is 0 Å². The van der Waals surface area contributed by atoms with E-state index in [1.807, 2.05) is 36.1 Å². The number of hydrazone groups is 1. The normalized spacial score (nSPS) is 25.3. The third-order valence-corrected chi connectivity index (χ3v) is 7.77. The Balaban J connectivity index is 1.79. The van der Waals surface area contributed by atoms with Gasteiger partial charge in [-0.05, 0) is 41.8 Å². The van der Waals surface area contributed by atoms with Gasteiger partial charge in [-0.1, -0.05) is 60.5 Å². The van der Waals surface area contributed by atoms with Gasteiger partial charge in [-0.25, -0.2) is 5.01 Å². The lowest BCUT2D eigenvalue weighted by Gasteiger charge is -2.54. The van der Waals surface area contributed by atoms with Crippen molar-refractivity contribution in [3.8, 4) is 0 Å². The Hall–Kier alpha value is -2.87. The molecule has 3 atom stereocenters. The number of fused-ring (bicyclic) bond motifs is 3. The first-order valence-corrected chi connectivity index (χ1v) is 12.4. The molecular weight excluding hydrogens is 487 g/mol. The number of β-amino-alcohol motifs (C(OH)–C–C–N with tert-alkyl or cyclic N) is 1. The number of anilines is 1. The number of hydrogen-bond acceptors (Lipinski definition) is 5. The molecule has 5 rings (SSSR count). The summed E-state index contributed by atoms with van der Waals surface area (Å²) in [5, 5.41) is 19.5. The second kappa shape index (κ2) is 8.97. The standard InChI is InChI=1S/C26H26Cl2N4O3/c1-3-15(2)24-26(19-8-7-18(28)12-21(19)29-25(26)35)20(16-5-4-6-17(27)11-16)13-22-30-32(9-10-33)23(34)14-31(22)24/h4-8,11-12,20,24,33H,2-3,9-10,13-14H2,1H3,(H,29,35)/t20-,24+,26-/m0/s1. The lowest BCUT2D eigenvalue weighted by Crippen LogP contribution is -2.66. The van der Waals surface area contributed by atoms with Gasteiger partial charge in [-0.2, -0.15) is 5.10 Å². The maximum Gasteiger partial charge on any atom is 0.262 e. The molecule has 1 saturated heterocycles. The Labute approximate surface area is 214 Å². The van der Waals surface area contributed by atoms with Crippen molar-refractivity contribution >= 4 is 46.5 Å². The fraction of sp³-hybridized carbons (Fsp3) is 0.346. The van der Waals surface area contributed by atoms with Crippen LogP contribution in [-0.2, 0) is 15.0 Å². The molecule has 0 aromatic heterocycles. The minimum absolute atomic E-state index is 0.0444. The molecule has 0 unspecified atom stereocenters. The Morgan fingerprint density at radius 2 is 2.00 bits per heavy atom. The molecule has 2 aromatic carbocycles. The number of aliphatic hydroxyl groups is 1. The maximum absolute atomic E-state index is 14.1. The second-order valence-corrected chi connectivity index (χ2v) is 10.00. The number of amidine groups is 1. The zero-order valence-corrected chi connectivity index (χ0v) is 20.8. The van der Waals surface area contributed by atoms with Crippen molar-refractivity contribution in [3.63, 3.8) is 0 Å². The van der Waals surface area contributed by atoms with Crippen molar-refractivity contribution in [1.82, 2.24) is 9.91 Å². The van der Waals surface area contributed by atoms with Crippen LogP contribution in [0.1, 0.15) is 36.8 Å². The molecule has 2 aromatic rings. The van der Waals surface area contributed by atoms with Crippen LogP contribution in [0, 0.1) is 0 Å². The van der Waals surface area contributed by atoms with E-state index in [0.717, 1.165) is 16.7 Å². The van der Waals surface area contributed by atoms with Crippen molar-refractivity contribution in [2.24, 2.45) is 5.10 Å². The van der Waals surface area contributed by atoms with Gasteiger partial charge in [-0.15, -0.1) is 0 Å². The van der Waals surface area contributed by atoms with Crippen LogP contribution < -0.4 is 5.32 Å². The molecule has 3 aliphatic rings. The molecule has 0 bridgehead atoms. The maximum atomic E-state index is 14.1. The average molecular weight is 513 g/mol. The summed E-state index contributed by atoms with van der Waals surface area (Å²) in [6, 6.07) is 12.5. The summed E-state index contributed by atoms with van der Waals surface area (Å²) >= 11 is 12.7. The van der Waals surface area contributed by atoms with Crippen LogP contribution in [-0.4, -0.2) is 58.4 Å². The van der Waals surface area contributed by atoms with Crippen molar-refractivity contribution in [3.05, 3.63) is 75.8 Å². The average Bonchev–Trinajstić information content (AvgIpc) is 3.10. The van der Waals surface area contributed by atoms with Gasteiger partial charge in [0, 0.05) is 28.1 Å². The first-order chi connectivity index (χ1) is 16.8. The quantitative estimate of drug-likeness (QED) is 0.589. The smallest absolute Gasteiger partial charge is 0.262 e. The molecule has 1 spiro atoms. The van der Waals surface area contributed by atoms with E-state index < -0.39 is 11.5 Å². The van der Waals surface area contributed by atoms with E-state index in [9.17, 15) is 14.7 Å². The van der Waals surface area contributed by atoms with Gasteiger partial charge in [0.1, 0.15) is 17.8 Å². The van der Waals surface area contributed by atoms with Crippen molar-refractivity contribution in [1.29, 1.82) is 0 Å². The summed E-state index contributed by atoms with van der Waals surface area (Å²) in [7, 11) is 0. The van der Waals surface area contributed by atoms with E-state index in [2.05, 4.69) is 17.0 Å². The van der Waals surface area contributed by atoms with Crippen LogP contribution in [0.15, 0.2) is 59.7 Å². The third kappa shape index (κ3) is 3.64. The number of piperidine rings is 1. The summed E-state index contributed by atoms with van der Waals surface area (Å²) < 4.78 is 0. The highest BCUT2D eigenvalue weighted by Crippen LogP contribution is 2.57. The number of halogens is 2. The number of rotatable bonds is 5. The van der Waals surface area contributed by atoms with Gasteiger partial charge in [0.2, 0.25) is 5.91 Å². The molecule has 0 aliphatic carbocycles. The number of nitrogens with zero attached hydrogens (tertiary/aromatic N) is 3. The zero-order valence-electron chi connectivity index (χ0n) is 19.3. The number of carbonyl (C=O) groups is 2. The van der Waals surface area contributed by atoms with E-state index in [4.69, 9.17) is 23.2 Å². The van der Waals surface area contributed by atoms with Crippen LogP contribution in [0.25, 0.3) is 0 Å². The summed E-state index contributed by atoms with van der Waals surface area (Å²) in [6.07, 6.45) is 1.02. The monoisotopic (exact) mass is 512 g/mol. The largest absolute Gasteiger partial charge is 0.394 e. The van der Waals surface area contributed by atoms with Crippen molar-refractivity contribution < 1.29 is 14.7 Å². The molecule has 2 N–H and O–H groups in total. The summed E-state index contributed by atoms with van der Waals surface area (Å²) in [5.41, 5.74) is 2.13. The van der Waals surface area contributed by atoms with Crippen LogP contribution in [0.5, 0.6) is 0 Å². The molecule has 35 heavy (non-hydrogen) atoms. The third-order valence-electron chi connectivity index (χ3n) is 7.30. The number of amides is 2. The molecule has 182 valence electrons. The Morgan fingerprint density at radius 3 is 2.71 bits per heavy atom. The van der Waals surface area contributed by atoms with Crippen LogP contribution in [0.2, 0.25) is 10.0 Å². The lowest BCUT2D eigenvalue weighted by atomic mass is 9.58. The van der Waals surface area contributed by atoms with Gasteiger partial charge in [-0.3, -0.25) is 9.59 Å². The van der Waals surface area contributed by atoms with Crippen LogP contribution in [0.4, 0.5) is 5.69 Å². The first kappa shape index (κ1) is 23.9. The molecule has 0 saturated carbocycles.